The van der Waals surface area contributed by atoms with Gasteiger partial charge in [0, 0.05) is 31.8 Å². The van der Waals surface area contributed by atoms with Crippen molar-refractivity contribution < 1.29 is 14.3 Å². The molecule has 17 heavy (non-hydrogen) atoms. The number of amides is 2. The van der Waals surface area contributed by atoms with Gasteiger partial charge in [0.1, 0.15) is 6.61 Å². The molecule has 2 N–H and O–H groups in total. The van der Waals surface area contributed by atoms with Gasteiger partial charge in [0.2, 0.25) is 0 Å². The topological polar surface area (TPSA) is 70.7 Å². The van der Waals surface area contributed by atoms with E-state index in [-0.39, 0.29) is 12.6 Å². The minimum Gasteiger partial charge on any atom is -0.460 e. The highest BCUT2D eigenvalue weighted by molar-refractivity contribution is 5.86. The molecule has 0 aromatic heterocycles. The van der Waals surface area contributed by atoms with Crippen molar-refractivity contribution in [2.75, 3.05) is 39.3 Å². The highest BCUT2D eigenvalue weighted by Gasteiger charge is 2.15. The Morgan fingerprint density at radius 1 is 1.41 bits per heavy atom. The van der Waals surface area contributed by atoms with Crippen LogP contribution >= 0.6 is 0 Å². The molecule has 1 aliphatic rings. The van der Waals surface area contributed by atoms with Gasteiger partial charge < -0.3 is 20.3 Å². The Morgan fingerprint density at radius 3 is 2.65 bits per heavy atom. The maximum absolute atomic E-state index is 11.6. The molecule has 96 valence electrons. The molecule has 0 radical (unpaired) electrons. The summed E-state index contributed by atoms with van der Waals surface area (Å²) in [6, 6.07) is -0.113. The lowest BCUT2D eigenvalue weighted by molar-refractivity contribution is -0.138. The summed E-state index contributed by atoms with van der Waals surface area (Å²) >= 11 is 0. The molecule has 2 amide bonds. The smallest absolute Gasteiger partial charge is 0.333 e. The number of nitrogens with zero attached hydrogens (tertiary/aromatic N) is 1. The zero-order chi connectivity index (χ0) is 12.7. The fraction of sp³-hybridized carbons (Fsp3) is 0.636. The summed E-state index contributed by atoms with van der Waals surface area (Å²) in [5, 5.41) is 5.86. The van der Waals surface area contributed by atoms with E-state index in [0.717, 1.165) is 13.1 Å². The van der Waals surface area contributed by atoms with Gasteiger partial charge in [-0.2, -0.15) is 0 Å². The van der Waals surface area contributed by atoms with Gasteiger partial charge in [0.15, 0.2) is 0 Å². The van der Waals surface area contributed by atoms with Crippen LogP contribution in [0.2, 0.25) is 0 Å². The molecular formula is C11H19N3O3. The number of carbonyl (C=O) groups is 2. The maximum atomic E-state index is 11.6. The van der Waals surface area contributed by atoms with E-state index in [4.69, 9.17) is 4.74 Å². The fourth-order valence-corrected chi connectivity index (χ4v) is 1.40. The molecule has 1 saturated heterocycles. The highest BCUT2D eigenvalue weighted by Crippen LogP contribution is 1.93. The molecule has 0 aliphatic carbocycles. The number of nitrogens with one attached hydrogen (secondary N) is 2. The average Bonchev–Trinajstić information content (AvgIpc) is 2.35. The molecule has 1 aliphatic heterocycles. The molecular weight excluding hydrogens is 222 g/mol. The van der Waals surface area contributed by atoms with Crippen molar-refractivity contribution in [1.82, 2.24) is 15.5 Å². The van der Waals surface area contributed by atoms with E-state index >= 15 is 0 Å². The third-order valence-electron chi connectivity index (χ3n) is 2.36. The molecule has 1 rings (SSSR count). The van der Waals surface area contributed by atoms with Crippen molar-refractivity contribution in [3.8, 4) is 0 Å². The number of urea groups is 1. The second-order valence-electron chi connectivity index (χ2n) is 3.89. The Kier molecular flexibility index (Phi) is 5.48. The Bertz CT molecular complexity index is 298. The summed E-state index contributed by atoms with van der Waals surface area (Å²) in [6.07, 6.45) is 0. The first kappa shape index (κ1) is 13.5. The van der Waals surface area contributed by atoms with Gasteiger partial charge in [-0.1, -0.05) is 6.58 Å². The van der Waals surface area contributed by atoms with E-state index in [1.807, 2.05) is 0 Å². The van der Waals surface area contributed by atoms with Gasteiger partial charge in [-0.25, -0.2) is 9.59 Å². The van der Waals surface area contributed by atoms with Gasteiger partial charge >= 0.3 is 12.0 Å². The second-order valence-corrected chi connectivity index (χ2v) is 3.89. The van der Waals surface area contributed by atoms with E-state index in [9.17, 15) is 9.59 Å². The van der Waals surface area contributed by atoms with Crippen LogP contribution in [0.5, 0.6) is 0 Å². The number of esters is 1. The standard InChI is InChI=1S/C11H19N3O3/c1-9(2)10(15)17-8-5-13-11(16)14-6-3-12-4-7-14/h12H,1,3-8H2,2H3,(H,13,16). The first-order chi connectivity index (χ1) is 8.11. The third-order valence-corrected chi connectivity index (χ3v) is 2.36. The van der Waals surface area contributed by atoms with Crippen molar-refractivity contribution in [2.24, 2.45) is 0 Å². The molecule has 0 aromatic rings. The van der Waals surface area contributed by atoms with Crippen LogP contribution in [0.4, 0.5) is 4.79 Å². The van der Waals surface area contributed by atoms with Crippen molar-refractivity contribution in [1.29, 1.82) is 0 Å². The Balaban J connectivity index is 2.11. The largest absolute Gasteiger partial charge is 0.460 e. The monoisotopic (exact) mass is 241 g/mol. The average molecular weight is 241 g/mol. The zero-order valence-electron chi connectivity index (χ0n) is 10.1. The zero-order valence-corrected chi connectivity index (χ0v) is 10.1. The second kappa shape index (κ2) is 6.90. The predicted octanol–water partition coefficient (Wildman–Crippen LogP) is -0.279. The van der Waals surface area contributed by atoms with Crippen LogP contribution in [0, 0.1) is 0 Å². The van der Waals surface area contributed by atoms with Crippen LogP contribution in [0.25, 0.3) is 0 Å². The number of piperazine rings is 1. The fourth-order valence-electron chi connectivity index (χ4n) is 1.40. The lowest BCUT2D eigenvalue weighted by Gasteiger charge is -2.27. The lowest BCUT2D eigenvalue weighted by atomic mass is 10.4. The molecule has 0 spiro atoms. The first-order valence-corrected chi connectivity index (χ1v) is 5.67. The predicted molar refractivity (Wildman–Crippen MR) is 63.6 cm³/mol. The van der Waals surface area contributed by atoms with Crippen LogP contribution < -0.4 is 10.6 Å². The number of ether oxygens (including phenoxy) is 1. The summed E-state index contributed by atoms with van der Waals surface area (Å²) in [5.74, 6) is -0.429. The summed E-state index contributed by atoms with van der Waals surface area (Å²) in [4.78, 5) is 24.4. The lowest BCUT2D eigenvalue weighted by Crippen LogP contribution is -2.50. The van der Waals surface area contributed by atoms with E-state index < -0.39 is 5.97 Å². The third kappa shape index (κ3) is 4.86. The van der Waals surface area contributed by atoms with Crippen LogP contribution in [-0.2, 0) is 9.53 Å². The van der Waals surface area contributed by atoms with Crippen molar-refractivity contribution in [3.63, 3.8) is 0 Å². The minimum absolute atomic E-state index is 0.113. The molecule has 0 unspecified atom stereocenters. The van der Waals surface area contributed by atoms with Gasteiger partial charge in [-0.05, 0) is 6.92 Å². The molecule has 0 bridgehead atoms. The molecule has 6 heteroatoms. The van der Waals surface area contributed by atoms with Crippen molar-refractivity contribution >= 4 is 12.0 Å². The quantitative estimate of drug-likeness (QED) is 0.403. The van der Waals surface area contributed by atoms with Gasteiger partial charge in [-0.3, -0.25) is 0 Å². The van der Waals surface area contributed by atoms with Crippen LogP contribution in [0.1, 0.15) is 6.92 Å². The van der Waals surface area contributed by atoms with Gasteiger partial charge in [0.05, 0.1) is 6.54 Å². The molecule has 6 nitrogen and oxygen atoms in total. The van der Waals surface area contributed by atoms with Crippen molar-refractivity contribution in [3.05, 3.63) is 12.2 Å². The van der Waals surface area contributed by atoms with Crippen LogP contribution in [-0.4, -0.2) is 56.2 Å². The molecule has 0 saturated carbocycles. The number of rotatable bonds is 4. The highest BCUT2D eigenvalue weighted by atomic mass is 16.5. The van der Waals surface area contributed by atoms with E-state index in [0.29, 0.717) is 25.2 Å². The van der Waals surface area contributed by atoms with Gasteiger partial charge in [0.25, 0.3) is 0 Å². The number of hydrogen-bond donors (Lipinski definition) is 2. The number of carbonyl (C=O) groups excluding carboxylic acids is 2. The van der Waals surface area contributed by atoms with E-state index in [1.54, 1.807) is 11.8 Å². The van der Waals surface area contributed by atoms with Crippen molar-refractivity contribution in [2.45, 2.75) is 6.92 Å². The summed E-state index contributed by atoms with van der Waals surface area (Å²) in [7, 11) is 0. The molecule has 1 heterocycles. The summed E-state index contributed by atoms with van der Waals surface area (Å²) in [5.41, 5.74) is 0.360. The molecule has 0 atom stereocenters. The Hall–Kier alpha value is -1.56. The first-order valence-electron chi connectivity index (χ1n) is 5.67. The minimum atomic E-state index is -0.429. The van der Waals surface area contributed by atoms with Crippen LogP contribution in [0.3, 0.4) is 0 Å². The van der Waals surface area contributed by atoms with E-state index in [2.05, 4.69) is 17.2 Å². The van der Waals surface area contributed by atoms with Gasteiger partial charge in [-0.15, -0.1) is 0 Å². The Labute approximate surface area is 101 Å². The van der Waals surface area contributed by atoms with E-state index in [1.165, 1.54) is 0 Å². The van der Waals surface area contributed by atoms with Crippen LogP contribution in [0.15, 0.2) is 12.2 Å². The SMILES string of the molecule is C=C(C)C(=O)OCCNC(=O)N1CCNCC1. The number of hydrogen-bond acceptors (Lipinski definition) is 4. The molecule has 1 fully saturated rings. The normalized spacial score (nSPS) is 15.2. The molecule has 0 aromatic carbocycles. The maximum Gasteiger partial charge on any atom is 0.333 e. The summed E-state index contributed by atoms with van der Waals surface area (Å²) in [6.45, 7) is 8.59. The Morgan fingerprint density at radius 2 is 2.06 bits per heavy atom. The summed E-state index contributed by atoms with van der Waals surface area (Å²) < 4.78 is 4.86.